The van der Waals surface area contributed by atoms with Crippen LogP contribution in [0.1, 0.15) is 226 Å². The SMILES string of the molecule is CC/C=C\C/C=C\C/C=C\C/C=C\C/C=C\C/C=C\CCCCCCCCCCCCC(=O)OCC(COC(=O)CCCCCCCC)OC(=O)CCCCCCCC. The van der Waals surface area contributed by atoms with E-state index in [1.165, 1.54) is 89.9 Å². The summed E-state index contributed by atoms with van der Waals surface area (Å²) in [6, 6.07) is 0. The molecule has 0 aliphatic rings. The molecule has 0 aromatic rings. The normalized spacial score (nSPS) is 12.7. The van der Waals surface area contributed by atoms with Gasteiger partial charge in [-0.05, 0) is 70.6 Å². The lowest BCUT2D eigenvalue weighted by Crippen LogP contribution is -2.30. The van der Waals surface area contributed by atoms with Crippen molar-refractivity contribution in [3.63, 3.8) is 0 Å². The van der Waals surface area contributed by atoms with Gasteiger partial charge < -0.3 is 14.2 Å². The summed E-state index contributed by atoms with van der Waals surface area (Å²) >= 11 is 0. The third-order valence-electron chi connectivity index (χ3n) is 10.2. The summed E-state index contributed by atoms with van der Waals surface area (Å²) in [5.74, 6) is -0.903. The fourth-order valence-electron chi connectivity index (χ4n) is 6.56. The number of esters is 3. The van der Waals surface area contributed by atoms with Gasteiger partial charge in [-0.25, -0.2) is 0 Å². The Morgan fingerprint density at radius 1 is 0.356 bits per heavy atom. The van der Waals surface area contributed by atoms with E-state index in [4.69, 9.17) is 14.2 Å². The van der Waals surface area contributed by atoms with Crippen molar-refractivity contribution in [1.82, 2.24) is 0 Å². The van der Waals surface area contributed by atoms with Gasteiger partial charge >= 0.3 is 17.9 Å². The Morgan fingerprint density at radius 2 is 0.661 bits per heavy atom. The molecule has 0 rings (SSSR count). The zero-order valence-electron chi connectivity index (χ0n) is 38.5. The molecule has 0 saturated carbocycles. The van der Waals surface area contributed by atoms with E-state index in [0.717, 1.165) is 96.3 Å². The fraction of sp³-hybridized carbons (Fsp3) is 0.717. The molecule has 0 radical (unpaired) electrons. The molecular weight excluding hydrogens is 733 g/mol. The second-order valence-electron chi connectivity index (χ2n) is 16.0. The van der Waals surface area contributed by atoms with Gasteiger partial charge in [0.05, 0.1) is 0 Å². The highest BCUT2D eigenvalue weighted by Crippen LogP contribution is 2.14. The van der Waals surface area contributed by atoms with Crippen molar-refractivity contribution >= 4 is 17.9 Å². The van der Waals surface area contributed by atoms with Crippen LogP contribution in [0, 0.1) is 0 Å². The van der Waals surface area contributed by atoms with Crippen LogP contribution in [0.3, 0.4) is 0 Å². The summed E-state index contributed by atoms with van der Waals surface area (Å²) in [5, 5.41) is 0. The number of ether oxygens (including phenoxy) is 3. The van der Waals surface area contributed by atoms with Crippen molar-refractivity contribution in [1.29, 1.82) is 0 Å². The molecule has 0 N–H and O–H groups in total. The third-order valence-corrected chi connectivity index (χ3v) is 10.2. The summed E-state index contributed by atoms with van der Waals surface area (Å²) in [7, 11) is 0. The minimum Gasteiger partial charge on any atom is -0.462 e. The lowest BCUT2D eigenvalue weighted by molar-refractivity contribution is -0.167. The van der Waals surface area contributed by atoms with Gasteiger partial charge in [-0.3, -0.25) is 14.4 Å². The van der Waals surface area contributed by atoms with E-state index in [1.807, 2.05) is 0 Å². The van der Waals surface area contributed by atoms with Gasteiger partial charge in [-0.15, -0.1) is 0 Å². The van der Waals surface area contributed by atoms with Gasteiger partial charge in [0.15, 0.2) is 6.10 Å². The summed E-state index contributed by atoms with van der Waals surface area (Å²) in [5.41, 5.74) is 0. The molecule has 0 aromatic heterocycles. The van der Waals surface area contributed by atoms with E-state index < -0.39 is 6.10 Å². The quantitative estimate of drug-likeness (QED) is 0.0264. The first-order valence-corrected chi connectivity index (χ1v) is 24.4. The Labute approximate surface area is 363 Å². The van der Waals surface area contributed by atoms with Gasteiger partial charge in [0.2, 0.25) is 0 Å². The Kier molecular flexibility index (Phi) is 45.0. The molecule has 0 aliphatic heterocycles. The maximum Gasteiger partial charge on any atom is 0.306 e. The molecule has 0 heterocycles. The van der Waals surface area contributed by atoms with Crippen molar-refractivity contribution in [2.24, 2.45) is 0 Å². The first-order chi connectivity index (χ1) is 29.0. The number of hydrogen-bond donors (Lipinski definition) is 0. The van der Waals surface area contributed by atoms with Crippen molar-refractivity contribution < 1.29 is 28.6 Å². The fourth-order valence-corrected chi connectivity index (χ4v) is 6.56. The molecular formula is C53H90O6. The van der Waals surface area contributed by atoms with Crippen LogP contribution < -0.4 is 0 Å². The number of carbonyl (C=O) groups is 3. The Bertz CT molecular complexity index is 1130. The van der Waals surface area contributed by atoms with Crippen LogP contribution in [0.4, 0.5) is 0 Å². The molecule has 6 heteroatoms. The second kappa shape index (κ2) is 47.5. The highest BCUT2D eigenvalue weighted by molar-refractivity contribution is 5.71. The Balaban J connectivity index is 3.96. The monoisotopic (exact) mass is 823 g/mol. The molecule has 6 nitrogen and oxygen atoms in total. The van der Waals surface area contributed by atoms with Crippen LogP contribution in [0.25, 0.3) is 0 Å². The maximum atomic E-state index is 12.5. The van der Waals surface area contributed by atoms with Crippen molar-refractivity contribution in [2.45, 2.75) is 232 Å². The lowest BCUT2D eigenvalue weighted by Gasteiger charge is -2.18. The molecule has 0 fully saturated rings. The van der Waals surface area contributed by atoms with Crippen LogP contribution >= 0.6 is 0 Å². The Hall–Kier alpha value is -3.15. The minimum atomic E-state index is -0.767. The van der Waals surface area contributed by atoms with Crippen molar-refractivity contribution in [3.8, 4) is 0 Å². The minimum absolute atomic E-state index is 0.0757. The number of rotatable bonds is 43. The summed E-state index contributed by atoms with van der Waals surface area (Å²) in [6.07, 6.45) is 59.5. The predicted octanol–water partition coefficient (Wildman–Crippen LogP) is 15.9. The van der Waals surface area contributed by atoms with E-state index in [2.05, 4.69) is 93.7 Å². The zero-order valence-corrected chi connectivity index (χ0v) is 38.5. The average molecular weight is 823 g/mol. The number of unbranched alkanes of at least 4 members (excludes halogenated alkanes) is 20. The number of carbonyl (C=O) groups excluding carboxylic acids is 3. The van der Waals surface area contributed by atoms with Crippen LogP contribution in [0.2, 0.25) is 0 Å². The van der Waals surface area contributed by atoms with Gasteiger partial charge in [0, 0.05) is 19.3 Å². The van der Waals surface area contributed by atoms with E-state index in [-0.39, 0.29) is 31.1 Å². The van der Waals surface area contributed by atoms with Crippen molar-refractivity contribution in [3.05, 3.63) is 72.9 Å². The first kappa shape index (κ1) is 55.9. The molecule has 0 amide bonds. The maximum absolute atomic E-state index is 12.5. The molecule has 338 valence electrons. The lowest BCUT2D eigenvalue weighted by atomic mass is 10.1. The molecule has 0 saturated heterocycles. The number of hydrogen-bond acceptors (Lipinski definition) is 6. The molecule has 1 unspecified atom stereocenters. The molecule has 1 atom stereocenters. The van der Waals surface area contributed by atoms with Gasteiger partial charge in [-0.1, -0.05) is 209 Å². The van der Waals surface area contributed by atoms with E-state index >= 15 is 0 Å². The van der Waals surface area contributed by atoms with Crippen LogP contribution in [-0.2, 0) is 28.6 Å². The van der Waals surface area contributed by atoms with E-state index in [1.54, 1.807) is 0 Å². The van der Waals surface area contributed by atoms with Crippen LogP contribution in [0.15, 0.2) is 72.9 Å². The predicted molar refractivity (Wildman–Crippen MR) is 251 cm³/mol. The average Bonchev–Trinajstić information content (AvgIpc) is 3.23. The van der Waals surface area contributed by atoms with Crippen LogP contribution in [0.5, 0.6) is 0 Å². The highest BCUT2D eigenvalue weighted by Gasteiger charge is 2.19. The summed E-state index contributed by atoms with van der Waals surface area (Å²) in [4.78, 5) is 37.3. The topological polar surface area (TPSA) is 78.9 Å². The molecule has 0 aromatic carbocycles. The first-order valence-electron chi connectivity index (χ1n) is 24.4. The standard InChI is InChI=1S/C53H90O6/c1-4-7-10-13-16-17-18-19-20-21-22-23-24-25-26-27-28-29-30-31-32-33-34-35-36-37-38-41-43-46-52(55)58-49-50(59-53(56)47-44-40-15-12-9-6-3)48-57-51(54)45-42-39-14-11-8-5-2/h7,10,16-17,19-20,22-23,25-26,28-29,50H,4-6,8-9,11-15,18,21,24,27,30-49H2,1-3H3/b10-7-,17-16-,20-19-,23-22-,26-25-,29-28-. The Morgan fingerprint density at radius 3 is 1.03 bits per heavy atom. The highest BCUT2D eigenvalue weighted by atomic mass is 16.6. The summed E-state index contributed by atoms with van der Waals surface area (Å²) < 4.78 is 16.5. The van der Waals surface area contributed by atoms with Gasteiger partial charge in [0.25, 0.3) is 0 Å². The van der Waals surface area contributed by atoms with Crippen molar-refractivity contribution in [2.75, 3.05) is 13.2 Å². The zero-order chi connectivity index (χ0) is 43.0. The second-order valence-corrected chi connectivity index (χ2v) is 16.0. The molecule has 0 aliphatic carbocycles. The summed E-state index contributed by atoms with van der Waals surface area (Å²) in [6.45, 7) is 6.38. The van der Waals surface area contributed by atoms with E-state index in [9.17, 15) is 14.4 Å². The van der Waals surface area contributed by atoms with Gasteiger partial charge in [0.1, 0.15) is 13.2 Å². The number of allylic oxidation sites excluding steroid dienone is 12. The largest absolute Gasteiger partial charge is 0.462 e. The smallest absolute Gasteiger partial charge is 0.306 e. The molecule has 0 bridgehead atoms. The third kappa shape index (κ3) is 45.8. The molecule has 59 heavy (non-hydrogen) atoms. The van der Waals surface area contributed by atoms with Gasteiger partial charge in [-0.2, -0.15) is 0 Å². The van der Waals surface area contributed by atoms with E-state index in [0.29, 0.717) is 19.3 Å². The van der Waals surface area contributed by atoms with Crippen LogP contribution in [-0.4, -0.2) is 37.2 Å². The molecule has 0 spiro atoms.